The maximum Gasteiger partial charge on any atom is 0.230 e. The number of aromatic nitrogens is 1. The lowest BCUT2D eigenvalue weighted by atomic mass is 10.1. The van der Waals surface area contributed by atoms with Crippen molar-refractivity contribution in [3.8, 4) is 21.7 Å². The number of sulfone groups is 1. The lowest BCUT2D eigenvalue weighted by molar-refractivity contribution is -0.119. The molecular formula is C20H18N2O3S2. The van der Waals surface area contributed by atoms with Gasteiger partial charge in [-0.15, -0.1) is 0 Å². The molecule has 138 valence electrons. The summed E-state index contributed by atoms with van der Waals surface area (Å²) < 4.78 is 23.3. The summed E-state index contributed by atoms with van der Waals surface area (Å²) in [5, 5.41) is 3.31. The van der Waals surface area contributed by atoms with Gasteiger partial charge in [0.15, 0.2) is 15.0 Å². The van der Waals surface area contributed by atoms with Crippen LogP contribution < -0.4 is 5.32 Å². The van der Waals surface area contributed by atoms with Gasteiger partial charge in [0.05, 0.1) is 28.0 Å². The van der Waals surface area contributed by atoms with E-state index in [-0.39, 0.29) is 17.4 Å². The quantitative estimate of drug-likeness (QED) is 0.724. The summed E-state index contributed by atoms with van der Waals surface area (Å²) in [4.78, 5) is 18.1. The Kier molecular flexibility index (Phi) is 4.80. The lowest BCUT2D eigenvalue weighted by Gasteiger charge is -2.06. The van der Waals surface area contributed by atoms with Crippen molar-refractivity contribution in [2.45, 2.75) is 6.42 Å². The van der Waals surface area contributed by atoms with E-state index in [1.165, 1.54) is 11.3 Å². The van der Waals surface area contributed by atoms with Gasteiger partial charge in [0.25, 0.3) is 0 Å². The van der Waals surface area contributed by atoms with Crippen molar-refractivity contribution in [3.05, 3.63) is 60.7 Å². The maximum atomic E-state index is 12.5. The van der Waals surface area contributed by atoms with Crippen LogP contribution in [0, 0.1) is 5.92 Å². The van der Waals surface area contributed by atoms with Gasteiger partial charge in [-0.3, -0.25) is 4.79 Å². The normalized spacial score (nSPS) is 18.3. The molecule has 1 fully saturated rings. The van der Waals surface area contributed by atoms with Crippen LogP contribution in [0.25, 0.3) is 21.7 Å². The Morgan fingerprint density at radius 3 is 2.22 bits per heavy atom. The second kappa shape index (κ2) is 7.25. The molecule has 0 radical (unpaired) electrons. The number of rotatable bonds is 4. The van der Waals surface area contributed by atoms with Gasteiger partial charge in [-0.05, 0) is 12.0 Å². The average Bonchev–Trinajstić information content (AvgIpc) is 3.26. The summed E-state index contributed by atoms with van der Waals surface area (Å²) >= 11 is 1.40. The molecule has 0 saturated carbocycles. The fourth-order valence-electron chi connectivity index (χ4n) is 3.16. The van der Waals surface area contributed by atoms with E-state index < -0.39 is 15.8 Å². The number of thiazole rings is 1. The molecule has 1 atom stereocenters. The SMILES string of the molecule is O=C(Nc1nc(-c2ccccc2)c(-c2ccccc2)s1)C1CCS(=O)(=O)C1. The molecule has 1 unspecified atom stereocenters. The Labute approximate surface area is 162 Å². The number of hydrogen-bond acceptors (Lipinski definition) is 5. The molecule has 27 heavy (non-hydrogen) atoms. The van der Waals surface area contributed by atoms with Crippen molar-refractivity contribution in [1.29, 1.82) is 0 Å². The summed E-state index contributed by atoms with van der Waals surface area (Å²) in [5.74, 6) is -0.780. The Bertz CT molecular complexity index is 1000. The van der Waals surface area contributed by atoms with Gasteiger partial charge in [0.2, 0.25) is 5.91 Å². The number of carbonyl (C=O) groups is 1. The summed E-state index contributed by atoms with van der Waals surface area (Å²) in [7, 11) is -3.10. The second-order valence-electron chi connectivity index (χ2n) is 6.52. The number of nitrogens with zero attached hydrogens (tertiary/aromatic N) is 1. The minimum absolute atomic E-state index is 0.0769. The molecule has 0 bridgehead atoms. The van der Waals surface area contributed by atoms with E-state index in [9.17, 15) is 13.2 Å². The van der Waals surface area contributed by atoms with Crippen LogP contribution in [-0.4, -0.2) is 30.8 Å². The van der Waals surface area contributed by atoms with E-state index in [2.05, 4.69) is 10.3 Å². The predicted molar refractivity (Wildman–Crippen MR) is 108 cm³/mol. The standard InChI is InChI=1S/C20H18N2O3S2/c23-19(16-11-12-27(24,25)13-16)22-20-21-17(14-7-3-1-4-8-14)18(26-20)15-9-5-2-6-10-15/h1-10,16H,11-13H2,(H,21,22,23). The zero-order chi connectivity index (χ0) is 18.9. The van der Waals surface area contributed by atoms with Gasteiger partial charge in [0.1, 0.15) is 0 Å². The monoisotopic (exact) mass is 398 g/mol. The van der Waals surface area contributed by atoms with E-state index in [0.29, 0.717) is 11.6 Å². The number of hydrogen-bond donors (Lipinski definition) is 1. The van der Waals surface area contributed by atoms with Crippen molar-refractivity contribution in [3.63, 3.8) is 0 Å². The second-order valence-corrected chi connectivity index (χ2v) is 9.75. The highest BCUT2D eigenvalue weighted by Gasteiger charge is 2.33. The number of benzene rings is 2. The topological polar surface area (TPSA) is 76.1 Å². The van der Waals surface area contributed by atoms with Gasteiger partial charge in [-0.1, -0.05) is 72.0 Å². The third-order valence-electron chi connectivity index (χ3n) is 4.54. The fourth-order valence-corrected chi connectivity index (χ4v) is 5.90. The molecule has 1 N–H and O–H groups in total. The predicted octanol–water partition coefficient (Wildman–Crippen LogP) is 3.85. The van der Waals surface area contributed by atoms with Crippen LogP contribution in [0.5, 0.6) is 0 Å². The van der Waals surface area contributed by atoms with Gasteiger partial charge in [-0.2, -0.15) is 0 Å². The Hall–Kier alpha value is -2.51. The molecule has 0 aliphatic carbocycles. The molecule has 3 aromatic rings. The Balaban J connectivity index is 1.66. The van der Waals surface area contributed by atoms with Crippen LogP contribution in [0.3, 0.4) is 0 Å². The Morgan fingerprint density at radius 2 is 1.63 bits per heavy atom. The first-order valence-corrected chi connectivity index (χ1v) is 11.3. The van der Waals surface area contributed by atoms with Crippen LogP contribution in [0.2, 0.25) is 0 Å². The highest BCUT2D eigenvalue weighted by atomic mass is 32.2. The molecular weight excluding hydrogens is 380 g/mol. The van der Waals surface area contributed by atoms with Crippen LogP contribution in [0.4, 0.5) is 5.13 Å². The van der Waals surface area contributed by atoms with Crippen LogP contribution in [-0.2, 0) is 14.6 Å². The zero-order valence-corrected chi connectivity index (χ0v) is 16.1. The molecule has 1 aliphatic heterocycles. The third kappa shape index (κ3) is 3.94. The number of amides is 1. The molecule has 4 rings (SSSR count). The van der Waals surface area contributed by atoms with Crippen LogP contribution >= 0.6 is 11.3 Å². The van der Waals surface area contributed by atoms with E-state index in [1.54, 1.807) is 0 Å². The van der Waals surface area contributed by atoms with Gasteiger partial charge in [0, 0.05) is 5.56 Å². The average molecular weight is 399 g/mol. The van der Waals surface area contributed by atoms with Gasteiger partial charge in [-0.25, -0.2) is 13.4 Å². The van der Waals surface area contributed by atoms with Gasteiger partial charge < -0.3 is 5.32 Å². The minimum Gasteiger partial charge on any atom is -0.302 e. The maximum absolute atomic E-state index is 12.5. The minimum atomic E-state index is -3.10. The molecule has 1 aromatic heterocycles. The van der Waals surface area contributed by atoms with E-state index >= 15 is 0 Å². The first-order valence-electron chi connectivity index (χ1n) is 8.65. The van der Waals surface area contributed by atoms with Crippen LogP contribution in [0.15, 0.2) is 60.7 Å². The Morgan fingerprint density at radius 1 is 1.00 bits per heavy atom. The molecule has 1 aliphatic rings. The number of nitrogens with one attached hydrogen (secondary N) is 1. The molecule has 2 aromatic carbocycles. The fraction of sp³-hybridized carbons (Fsp3) is 0.200. The summed E-state index contributed by atoms with van der Waals surface area (Å²) in [6, 6.07) is 19.7. The van der Waals surface area contributed by atoms with Crippen molar-refractivity contribution in [2.75, 3.05) is 16.8 Å². The molecule has 2 heterocycles. The van der Waals surface area contributed by atoms with Crippen molar-refractivity contribution in [2.24, 2.45) is 5.92 Å². The summed E-state index contributed by atoms with van der Waals surface area (Å²) in [5.41, 5.74) is 2.80. The molecule has 0 spiro atoms. The molecule has 1 amide bonds. The van der Waals surface area contributed by atoms with Crippen molar-refractivity contribution < 1.29 is 13.2 Å². The molecule has 5 nitrogen and oxygen atoms in total. The van der Waals surface area contributed by atoms with Crippen LogP contribution in [0.1, 0.15) is 6.42 Å². The highest BCUT2D eigenvalue weighted by Crippen LogP contribution is 2.39. The third-order valence-corrected chi connectivity index (χ3v) is 7.33. The number of carbonyl (C=O) groups excluding carboxylic acids is 1. The highest BCUT2D eigenvalue weighted by molar-refractivity contribution is 7.91. The van der Waals surface area contributed by atoms with E-state index in [4.69, 9.17) is 0 Å². The smallest absolute Gasteiger partial charge is 0.230 e. The molecule has 7 heteroatoms. The van der Waals surface area contributed by atoms with Crippen molar-refractivity contribution >= 4 is 32.2 Å². The summed E-state index contributed by atoms with van der Waals surface area (Å²) in [6.45, 7) is 0. The lowest BCUT2D eigenvalue weighted by Crippen LogP contribution is -2.23. The largest absolute Gasteiger partial charge is 0.302 e. The van der Waals surface area contributed by atoms with E-state index in [1.807, 2.05) is 60.7 Å². The number of anilines is 1. The summed E-state index contributed by atoms with van der Waals surface area (Å²) in [6.07, 6.45) is 0.372. The first-order chi connectivity index (χ1) is 13.0. The molecule has 1 saturated heterocycles. The van der Waals surface area contributed by atoms with Crippen molar-refractivity contribution in [1.82, 2.24) is 4.98 Å². The first kappa shape index (κ1) is 17.9. The zero-order valence-electron chi connectivity index (χ0n) is 14.5. The van der Waals surface area contributed by atoms with E-state index in [0.717, 1.165) is 21.7 Å². The van der Waals surface area contributed by atoms with Gasteiger partial charge >= 0.3 is 0 Å².